The molecule has 1 saturated heterocycles. The highest BCUT2D eigenvalue weighted by Gasteiger charge is 2.33. The molecule has 0 unspecified atom stereocenters. The Balaban J connectivity index is 1.32. The van der Waals surface area contributed by atoms with Crippen LogP contribution >= 0.6 is 11.6 Å². The summed E-state index contributed by atoms with van der Waals surface area (Å²) >= 11 is 6.22. The quantitative estimate of drug-likeness (QED) is 0.673. The number of aliphatic hydroxyl groups is 1. The highest BCUT2D eigenvalue weighted by atomic mass is 35.5. The summed E-state index contributed by atoms with van der Waals surface area (Å²) in [5, 5.41) is 11.7. The van der Waals surface area contributed by atoms with Gasteiger partial charge in [0.15, 0.2) is 0 Å². The number of nitrogens with zero attached hydrogens (tertiary/aromatic N) is 2. The van der Waals surface area contributed by atoms with Crippen molar-refractivity contribution in [2.75, 3.05) is 19.7 Å². The maximum absolute atomic E-state index is 10.9. The van der Waals surface area contributed by atoms with Gasteiger partial charge >= 0.3 is 0 Å². The number of aromatic amines is 1. The van der Waals surface area contributed by atoms with E-state index in [-0.39, 0.29) is 0 Å². The molecule has 1 aromatic heterocycles. The average molecular weight is 400 g/mol. The summed E-state index contributed by atoms with van der Waals surface area (Å²) < 4.78 is 5.92. The third kappa shape index (κ3) is 4.17. The highest BCUT2D eigenvalue weighted by molar-refractivity contribution is 6.32. The molecule has 3 aromatic rings. The molecule has 0 saturated carbocycles. The topological polar surface area (TPSA) is 61.4 Å². The molecule has 1 aliphatic rings. The van der Waals surface area contributed by atoms with Gasteiger partial charge < -0.3 is 14.8 Å². The van der Waals surface area contributed by atoms with E-state index in [1.165, 1.54) is 5.56 Å². The number of aromatic nitrogens is 2. The van der Waals surface area contributed by atoms with Gasteiger partial charge in [0.2, 0.25) is 0 Å². The maximum atomic E-state index is 10.9. The number of hydrogen-bond donors (Lipinski definition) is 2. The third-order valence-electron chi connectivity index (χ3n) is 5.60. The minimum absolute atomic E-state index is 0.307. The van der Waals surface area contributed by atoms with Crippen LogP contribution in [0.25, 0.3) is 11.0 Å². The van der Waals surface area contributed by atoms with Crippen LogP contribution in [0.5, 0.6) is 5.75 Å². The number of rotatable bonds is 5. The van der Waals surface area contributed by atoms with Crippen molar-refractivity contribution < 1.29 is 9.84 Å². The fourth-order valence-corrected chi connectivity index (χ4v) is 3.93. The number of hydrogen-bond acceptors (Lipinski definition) is 4. The minimum atomic E-state index is -0.786. The highest BCUT2D eigenvalue weighted by Crippen LogP contribution is 2.29. The lowest BCUT2D eigenvalue weighted by atomic mass is 9.92. The number of imidazole rings is 1. The maximum Gasteiger partial charge on any atom is 0.120 e. The van der Waals surface area contributed by atoms with Crippen molar-refractivity contribution in [3.8, 4) is 5.75 Å². The molecule has 0 atom stereocenters. The van der Waals surface area contributed by atoms with Crippen LogP contribution in [0, 0.1) is 13.8 Å². The van der Waals surface area contributed by atoms with E-state index in [4.69, 9.17) is 16.3 Å². The zero-order chi connectivity index (χ0) is 19.7. The zero-order valence-electron chi connectivity index (χ0n) is 16.3. The number of aryl methyl sites for hydroxylation is 2. The number of benzene rings is 2. The van der Waals surface area contributed by atoms with E-state index >= 15 is 0 Å². The average Bonchev–Trinajstić information content (AvgIpc) is 3.14. The van der Waals surface area contributed by atoms with E-state index in [0.29, 0.717) is 19.4 Å². The Bertz CT molecular complexity index is 954. The molecule has 0 aliphatic carbocycles. The Morgan fingerprint density at radius 1 is 1.18 bits per heavy atom. The molecule has 28 heavy (non-hydrogen) atoms. The summed E-state index contributed by atoms with van der Waals surface area (Å²) in [6, 6.07) is 10.2. The Hall–Kier alpha value is -2.08. The van der Waals surface area contributed by atoms with Gasteiger partial charge in [0.25, 0.3) is 0 Å². The number of H-pyrrole nitrogens is 1. The van der Waals surface area contributed by atoms with E-state index in [9.17, 15) is 5.11 Å². The van der Waals surface area contributed by atoms with Crippen LogP contribution in [0.2, 0.25) is 5.02 Å². The molecule has 2 aromatic carbocycles. The second-order valence-corrected chi connectivity index (χ2v) is 8.29. The van der Waals surface area contributed by atoms with Gasteiger partial charge in [0.05, 0.1) is 17.4 Å². The van der Waals surface area contributed by atoms with Crippen molar-refractivity contribution in [3.05, 3.63) is 58.4 Å². The fourth-order valence-electron chi connectivity index (χ4n) is 3.82. The standard InChI is InChI=1S/C22H26ClN3O2/c1-15-9-18(10-16(2)21(15)23)28-13-22(27)5-7-26(8-6-22)12-17-3-4-19-20(11-17)25-14-24-19/h3-4,9-11,14,27H,5-8,12-13H2,1-2H3,(H,24,25). The van der Waals surface area contributed by atoms with Gasteiger partial charge in [0.1, 0.15) is 18.0 Å². The molecule has 5 nitrogen and oxygen atoms in total. The van der Waals surface area contributed by atoms with Crippen LogP contribution in [0.4, 0.5) is 0 Å². The fraction of sp³-hybridized carbons (Fsp3) is 0.409. The third-order valence-corrected chi connectivity index (χ3v) is 6.19. The summed E-state index contributed by atoms with van der Waals surface area (Å²) in [5.41, 5.74) is 4.51. The number of fused-ring (bicyclic) bond motifs is 1. The minimum Gasteiger partial charge on any atom is -0.491 e. The van der Waals surface area contributed by atoms with Crippen molar-refractivity contribution in [1.82, 2.24) is 14.9 Å². The Labute approximate surface area is 170 Å². The molecule has 0 amide bonds. The summed E-state index contributed by atoms with van der Waals surface area (Å²) in [4.78, 5) is 9.80. The van der Waals surface area contributed by atoms with Gasteiger partial charge in [0, 0.05) is 24.7 Å². The Morgan fingerprint density at radius 2 is 1.89 bits per heavy atom. The molecule has 0 spiro atoms. The van der Waals surface area contributed by atoms with E-state index < -0.39 is 5.60 Å². The van der Waals surface area contributed by atoms with Gasteiger partial charge in [-0.15, -0.1) is 0 Å². The molecular formula is C22H26ClN3O2. The largest absolute Gasteiger partial charge is 0.491 e. The molecular weight excluding hydrogens is 374 g/mol. The van der Waals surface area contributed by atoms with Crippen LogP contribution in [0.3, 0.4) is 0 Å². The van der Waals surface area contributed by atoms with Gasteiger partial charge in [-0.2, -0.15) is 0 Å². The van der Waals surface area contributed by atoms with Crippen molar-refractivity contribution in [2.45, 2.75) is 38.8 Å². The van der Waals surface area contributed by atoms with Crippen LogP contribution in [-0.4, -0.2) is 45.3 Å². The lowest BCUT2D eigenvalue weighted by Gasteiger charge is -2.38. The predicted octanol–water partition coefficient (Wildman–Crippen LogP) is 4.24. The first-order valence-corrected chi connectivity index (χ1v) is 10.1. The number of halogens is 1. The molecule has 4 rings (SSSR count). The SMILES string of the molecule is Cc1cc(OCC2(O)CCN(Cc3ccc4nc[nH]c4c3)CC2)cc(C)c1Cl. The molecule has 1 fully saturated rings. The van der Waals surface area contributed by atoms with Crippen LogP contribution in [0.1, 0.15) is 29.5 Å². The lowest BCUT2D eigenvalue weighted by Crippen LogP contribution is -2.47. The number of ether oxygens (including phenoxy) is 1. The van der Waals surface area contributed by atoms with Gasteiger partial charge in [-0.05, 0) is 67.6 Å². The molecule has 0 bridgehead atoms. The summed E-state index contributed by atoms with van der Waals surface area (Å²) in [7, 11) is 0. The van der Waals surface area contributed by atoms with Crippen molar-refractivity contribution in [1.29, 1.82) is 0 Å². The number of piperidine rings is 1. The molecule has 6 heteroatoms. The van der Waals surface area contributed by atoms with E-state index in [1.807, 2.05) is 32.0 Å². The number of nitrogens with one attached hydrogen (secondary N) is 1. The van der Waals surface area contributed by atoms with E-state index in [0.717, 1.165) is 52.6 Å². The first-order chi connectivity index (χ1) is 13.4. The van der Waals surface area contributed by atoms with E-state index in [2.05, 4.69) is 27.0 Å². The smallest absolute Gasteiger partial charge is 0.120 e. The molecule has 0 radical (unpaired) electrons. The van der Waals surface area contributed by atoms with Crippen molar-refractivity contribution in [2.24, 2.45) is 0 Å². The monoisotopic (exact) mass is 399 g/mol. The van der Waals surface area contributed by atoms with Gasteiger partial charge in [-0.1, -0.05) is 17.7 Å². The van der Waals surface area contributed by atoms with Crippen LogP contribution < -0.4 is 4.74 Å². The summed E-state index contributed by atoms with van der Waals surface area (Å²) in [6.07, 6.45) is 3.12. The van der Waals surface area contributed by atoms with Crippen LogP contribution in [0.15, 0.2) is 36.7 Å². The molecule has 2 heterocycles. The Kier molecular flexibility index (Phi) is 5.32. The summed E-state index contributed by atoms with van der Waals surface area (Å²) in [6.45, 7) is 6.81. The van der Waals surface area contributed by atoms with Gasteiger partial charge in [-0.3, -0.25) is 4.90 Å². The zero-order valence-corrected chi connectivity index (χ0v) is 17.1. The predicted molar refractivity (Wildman–Crippen MR) is 112 cm³/mol. The molecule has 1 aliphatic heterocycles. The first kappa shape index (κ1) is 19.2. The van der Waals surface area contributed by atoms with Crippen molar-refractivity contribution >= 4 is 22.6 Å². The number of likely N-dealkylation sites (tertiary alicyclic amines) is 1. The first-order valence-electron chi connectivity index (χ1n) is 9.68. The summed E-state index contributed by atoms with van der Waals surface area (Å²) in [5.74, 6) is 0.767. The Morgan fingerprint density at radius 3 is 2.61 bits per heavy atom. The molecule has 2 N–H and O–H groups in total. The molecule has 148 valence electrons. The second kappa shape index (κ2) is 7.74. The van der Waals surface area contributed by atoms with Crippen LogP contribution in [-0.2, 0) is 6.54 Å². The van der Waals surface area contributed by atoms with E-state index in [1.54, 1.807) is 6.33 Å². The lowest BCUT2D eigenvalue weighted by molar-refractivity contribution is -0.0537. The second-order valence-electron chi connectivity index (χ2n) is 7.91. The normalized spacial score (nSPS) is 17.1. The van der Waals surface area contributed by atoms with Crippen molar-refractivity contribution in [3.63, 3.8) is 0 Å². The van der Waals surface area contributed by atoms with Gasteiger partial charge in [-0.25, -0.2) is 4.98 Å².